The number of Topliss-reactive ketones (excluding diaryl/α,β-unsaturated/α-hetero) is 1. The van der Waals surface area contributed by atoms with E-state index in [1.54, 1.807) is 36.4 Å². The van der Waals surface area contributed by atoms with Crippen molar-refractivity contribution in [2.45, 2.75) is 31.1 Å². The van der Waals surface area contributed by atoms with Crippen LogP contribution in [-0.2, 0) is 14.9 Å². The van der Waals surface area contributed by atoms with Crippen LogP contribution >= 0.6 is 11.6 Å². The molecule has 1 aliphatic carbocycles. The predicted octanol–water partition coefficient (Wildman–Crippen LogP) is 4.72. The Morgan fingerprint density at radius 3 is 2.20 bits per heavy atom. The first-order chi connectivity index (χ1) is 12.0. The zero-order chi connectivity index (χ0) is 17.9. The van der Waals surface area contributed by atoms with Crippen molar-refractivity contribution in [2.75, 3.05) is 6.61 Å². The third kappa shape index (κ3) is 3.74. The molecule has 1 saturated carbocycles. The van der Waals surface area contributed by atoms with E-state index >= 15 is 0 Å². The Kier molecular flexibility index (Phi) is 5.19. The van der Waals surface area contributed by atoms with E-state index in [1.807, 2.05) is 0 Å². The van der Waals surface area contributed by atoms with Crippen LogP contribution in [0.2, 0.25) is 5.02 Å². The Hall–Kier alpha value is -2.20. The van der Waals surface area contributed by atoms with E-state index in [0.717, 1.165) is 18.4 Å². The van der Waals surface area contributed by atoms with Crippen LogP contribution in [0.4, 0.5) is 4.39 Å². The molecule has 3 nitrogen and oxygen atoms in total. The summed E-state index contributed by atoms with van der Waals surface area (Å²) in [6, 6.07) is 12.4. The highest BCUT2D eigenvalue weighted by Gasteiger charge is 2.44. The second kappa shape index (κ2) is 7.36. The van der Waals surface area contributed by atoms with Crippen molar-refractivity contribution in [1.29, 1.82) is 0 Å². The van der Waals surface area contributed by atoms with E-state index < -0.39 is 11.4 Å². The van der Waals surface area contributed by atoms with Gasteiger partial charge in [-0.15, -0.1) is 0 Å². The molecule has 3 rings (SSSR count). The van der Waals surface area contributed by atoms with Crippen molar-refractivity contribution in [3.63, 3.8) is 0 Å². The van der Waals surface area contributed by atoms with Crippen LogP contribution in [0.25, 0.3) is 0 Å². The van der Waals surface area contributed by atoms with Gasteiger partial charge in [-0.3, -0.25) is 9.59 Å². The van der Waals surface area contributed by atoms with Gasteiger partial charge in [0, 0.05) is 10.6 Å². The Balaban J connectivity index is 1.72. The minimum atomic E-state index is -0.784. The van der Waals surface area contributed by atoms with Gasteiger partial charge >= 0.3 is 5.97 Å². The lowest BCUT2D eigenvalue weighted by Gasteiger charge is -2.27. The maximum absolute atomic E-state index is 13.2. The number of hydrogen-bond donors (Lipinski definition) is 0. The molecule has 0 aromatic heterocycles. The number of hydrogen-bond acceptors (Lipinski definition) is 3. The fourth-order valence-corrected chi connectivity index (χ4v) is 3.47. The molecule has 0 unspecified atom stereocenters. The van der Waals surface area contributed by atoms with Crippen molar-refractivity contribution in [3.05, 3.63) is 70.5 Å². The first-order valence-electron chi connectivity index (χ1n) is 8.23. The van der Waals surface area contributed by atoms with Crippen molar-refractivity contribution in [3.8, 4) is 0 Å². The summed E-state index contributed by atoms with van der Waals surface area (Å²) in [6.07, 6.45) is 3.09. The quantitative estimate of drug-likeness (QED) is 0.572. The van der Waals surface area contributed by atoms with Gasteiger partial charge in [0.25, 0.3) is 0 Å². The maximum atomic E-state index is 13.2. The summed E-state index contributed by atoms with van der Waals surface area (Å²) >= 11 is 5.80. The van der Waals surface area contributed by atoms with Gasteiger partial charge in [-0.2, -0.15) is 0 Å². The summed E-state index contributed by atoms with van der Waals surface area (Å²) in [5.74, 6) is -1.04. The molecule has 1 aliphatic rings. The van der Waals surface area contributed by atoms with Gasteiger partial charge in [0.1, 0.15) is 5.82 Å². The fourth-order valence-electron chi connectivity index (χ4n) is 3.35. The molecule has 0 aliphatic heterocycles. The average molecular weight is 361 g/mol. The summed E-state index contributed by atoms with van der Waals surface area (Å²) < 4.78 is 18.5. The van der Waals surface area contributed by atoms with Gasteiger partial charge in [-0.05, 0) is 54.8 Å². The average Bonchev–Trinajstić information content (AvgIpc) is 3.11. The van der Waals surface area contributed by atoms with Crippen LogP contribution in [-0.4, -0.2) is 18.4 Å². The van der Waals surface area contributed by atoms with Crippen LogP contribution in [0.3, 0.4) is 0 Å². The minimum Gasteiger partial charge on any atom is -0.457 e. The number of ketones is 1. The van der Waals surface area contributed by atoms with E-state index in [4.69, 9.17) is 16.3 Å². The van der Waals surface area contributed by atoms with Crippen molar-refractivity contribution in [2.24, 2.45) is 0 Å². The topological polar surface area (TPSA) is 43.4 Å². The van der Waals surface area contributed by atoms with Crippen molar-refractivity contribution in [1.82, 2.24) is 0 Å². The summed E-state index contributed by atoms with van der Waals surface area (Å²) in [4.78, 5) is 24.9. The van der Waals surface area contributed by atoms with Crippen molar-refractivity contribution < 1.29 is 18.7 Å². The lowest BCUT2D eigenvalue weighted by molar-refractivity contribution is -0.149. The monoisotopic (exact) mass is 360 g/mol. The minimum absolute atomic E-state index is 0.280. The van der Waals surface area contributed by atoms with E-state index in [0.29, 0.717) is 23.4 Å². The number of ether oxygens (including phenoxy) is 1. The molecule has 2 aromatic rings. The number of carbonyl (C=O) groups excluding carboxylic acids is 2. The Bertz CT molecular complexity index is 763. The maximum Gasteiger partial charge on any atom is 0.317 e. The van der Waals surface area contributed by atoms with Crippen molar-refractivity contribution >= 4 is 23.4 Å². The molecule has 1 fully saturated rings. The molecular formula is C20H18ClFO3. The fraction of sp³-hybridized carbons (Fsp3) is 0.300. The molecule has 0 heterocycles. The van der Waals surface area contributed by atoms with Crippen LogP contribution in [0.5, 0.6) is 0 Å². The largest absolute Gasteiger partial charge is 0.457 e. The second-order valence-corrected chi connectivity index (χ2v) is 6.74. The normalized spacial score (nSPS) is 15.8. The van der Waals surface area contributed by atoms with E-state index in [9.17, 15) is 14.0 Å². The number of esters is 1. The molecule has 0 saturated heterocycles. The molecule has 2 aromatic carbocycles. The SMILES string of the molecule is O=C(COC(=O)C1(c2ccc(F)cc2)CCCC1)c1ccc(Cl)cc1. The number of halogens is 2. The first-order valence-corrected chi connectivity index (χ1v) is 8.61. The van der Waals surface area contributed by atoms with Gasteiger partial charge in [0.05, 0.1) is 5.41 Å². The number of rotatable bonds is 5. The molecule has 0 amide bonds. The van der Waals surface area contributed by atoms with E-state index in [-0.39, 0.29) is 18.2 Å². The standard InChI is InChI=1S/C20H18ClFO3/c21-16-7-3-14(4-8-16)18(23)13-25-19(24)20(11-1-2-12-20)15-5-9-17(22)10-6-15/h3-10H,1-2,11-13H2. The van der Waals surface area contributed by atoms with Crippen LogP contribution in [0, 0.1) is 5.82 Å². The molecular weight excluding hydrogens is 343 g/mol. The van der Waals surface area contributed by atoms with Gasteiger partial charge < -0.3 is 4.74 Å². The summed E-state index contributed by atoms with van der Waals surface area (Å²) in [7, 11) is 0. The second-order valence-electron chi connectivity index (χ2n) is 6.30. The molecule has 130 valence electrons. The lowest BCUT2D eigenvalue weighted by Crippen LogP contribution is -2.35. The summed E-state index contributed by atoms with van der Waals surface area (Å²) in [5, 5.41) is 0.537. The molecule has 0 spiro atoms. The third-order valence-corrected chi connectivity index (χ3v) is 5.00. The zero-order valence-electron chi connectivity index (χ0n) is 13.6. The lowest BCUT2D eigenvalue weighted by atomic mass is 9.79. The van der Waals surface area contributed by atoms with Gasteiger partial charge in [0.15, 0.2) is 12.4 Å². The van der Waals surface area contributed by atoms with Gasteiger partial charge in [-0.25, -0.2) is 4.39 Å². The molecule has 0 atom stereocenters. The number of benzene rings is 2. The van der Waals surface area contributed by atoms with Crippen LogP contribution in [0.1, 0.15) is 41.6 Å². The molecule has 0 N–H and O–H groups in total. The first kappa shape index (κ1) is 17.6. The third-order valence-electron chi connectivity index (χ3n) is 4.75. The highest BCUT2D eigenvalue weighted by Crippen LogP contribution is 2.42. The molecule has 0 bridgehead atoms. The summed E-state index contributed by atoms with van der Waals surface area (Å²) in [5.41, 5.74) is 0.406. The van der Waals surface area contributed by atoms with Gasteiger partial charge in [-0.1, -0.05) is 36.6 Å². The van der Waals surface area contributed by atoms with Crippen LogP contribution < -0.4 is 0 Å². The highest BCUT2D eigenvalue weighted by molar-refractivity contribution is 6.30. The number of carbonyl (C=O) groups is 2. The Morgan fingerprint density at radius 1 is 1.00 bits per heavy atom. The Morgan fingerprint density at radius 2 is 1.60 bits per heavy atom. The van der Waals surface area contributed by atoms with Gasteiger partial charge in [0.2, 0.25) is 0 Å². The molecule has 25 heavy (non-hydrogen) atoms. The van der Waals surface area contributed by atoms with Crippen LogP contribution in [0.15, 0.2) is 48.5 Å². The molecule has 0 radical (unpaired) electrons. The molecule has 5 heteroatoms. The predicted molar refractivity (Wildman–Crippen MR) is 93.3 cm³/mol. The Labute approximate surface area is 150 Å². The van der Waals surface area contributed by atoms with E-state index in [2.05, 4.69) is 0 Å². The summed E-state index contributed by atoms with van der Waals surface area (Å²) in [6.45, 7) is -0.316. The zero-order valence-corrected chi connectivity index (χ0v) is 14.4. The highest BCUT2D eigenvalue weighted by atomic mass is 35.5. The smallest absolute Gasteiger partial charge is 0.317 e. The van der Waals surface area contributed by atoms with E-state index in [1.165, 1.54) is 12.1 Å².